The van der Waals surface area contributed by atoms with E-state index < -0.39 is 17.8 Å². The minimum absolute atomic E-state index is 0.0412. The lowest BCUT2D eigenvalue weighted by atomic mass is 10.1. The number of nitrogens with two attached hydrogens (primary N) is 1. The van der Waals surface area contributed by atoms with Crippen molar-refractivity contribution in [3.8, 4) is 0 Å². The fourth-order valence-corrected chi connectivity index (χ4v) is 0.552. The van der Waals surface area contributed by atoms with Gasteiger partial charge < -0.3 is 21.1 Å². The van der Waals surface area contributed by atoms with E-state index >= 15 is 0 Å². The highest BCUT2D eigenvalue weighted by Gasteiger charge is 2.19. The molecule has 0 rings (SSSR count). The van der Waals surface area contributed by atoms with Gasteiger partial charge in [0, 0.05) is 6.42 Å². The van der Waals surface area contributed by atoms with Gasteiger partial charge in [0.25, 0.3) is 0 Å². The summed E-state index contributed by atoms with van der Waals surface area (Å²) in [6.45, 7) is 1.18. The number of carboxylic acids is 1. The van der Waals surface area contributed by atoms with Gasteiger partial charge in [-0.15, -0.1) is 0 Å². The van der Waals surface area contributed by atoms with Gasteiger partial charge in [0.1, 0.15) is 6.04 Å². The summed E-state index contributed by atoms with van der Waals surface area (Å²) in [4.78, 5) is 10.1. The van der Waals surface area contributed by atoms with Crippen molar-refractivity contribution in [1.82, 2.24) is 0 Å². The third-order valence-electron chi connectivity index (χ3n) is 1.25. The molecule has 5 nitrogen and oxygen atoms in total. The normalized spacial score (nSPS) is 14.5. The topological polar surface area (TPSA) is 104 Å². The van der Waals surface area contributed by atoms with Crippen LogP contribution >= 0.6 is 0 Å². The maximum Gasteiger partial charge on any atom is 0.320 e. The van der Waals surface area contributed by atoms with E-state index in [4.69, 9.17) is 21.1 Å². The first-order valence-corrected chi connectivity index (χ1v) is 3.26. The number of carbonyl (C=O) groups is 1. The van der Waals surface area contributed by atoms with E-state index in [0.29, 0.717) is 0 Å². The lowest BCUT2D eigenvalue weighted by Crippen LogP contribution is -2.33. The summed E-state index contributed by atoms with van der Waals surface area (Å²) < 4.78 is 0. The van der Waals surface area contributed by atoms with Crippen molar-refractivity contribution >= 4 is 5.97 Å². The van der Waals surface area contributed by atoms with Crippen LogP contribution < -0.4 is 5.73 Å². The summed E-state index contributed by atoms with van der Waals surface area (Å²) in [5, 5.41) is 25.8. The molecule has 5 heteroatoms. The van der Waals surface area contributed by atoms with Gasteiger partial charge in [-0.05, 0) is 13.3 Å². The zero-order valence-corrected chi connectivity index (χ0v) is 6.32. The van der Waals surface area contributed by atoms with Gasteiger partial charge in [0.05, 0.1) is 0 Å². The quantitative estimate of drug-likeness (QED) is 0.393. The second kappa shape index (κ2) is 3.66. The zero-order chi connectivity index (χ0) is 9.07. The Kier molecular flexibility index (Phi) is 3.44. The fraction of sp³-hybridized carbons (Fsp3) is 0.833. The minimum Gasteiger partial charge on any atom is -0.480 e. The molecule has 0 amide bonds. The van der Waals surface area contributed by atoms with E-state index in [0.717, 1.165) is 0 Å². The van der Waals surface area contributed by atoms with Crippen LogP contribution in [0.25, 0.3) is 0 Å². The van der Waals surface area contributed by atoms with Crippen molar-refractivity contribution in [2.24, 2.45) is 5.73 Å². The average Bonchev–Trinajstić information content (AvgIpc) is 1.80. The Morgan fingerprint density at radius 2 is 2.09 bits per heavy atom. The smallest absolute Gasteiger partial charge is 0.320 e. The molecule has 0 aliphatic rings. The summed E-state index contributed by atoms with van der Waals surface area (Å²) in [6.07, 6.45) is 0.0132. The average molecular weight is 163 g/mol. The molecule has 11 heavy (non-hydrogen) atoms. The molecule has 0 heterocycles. The molecule has 1 unspecified atom stereocenters. The fourth-order valence-electron chi connectivity index (χ4n) is 0.552. The Labute approximate surface area is 64.4 Å². The molecule has 5 N–H and O–H groups in total. The Hall–Kier alpha value is -0.650. The van der Waals surface area contributed by atoms with Crippen LogP contribution in [0.3, 0.4) is 0 Å². The highest BCUT2D eigenvalue weighted by molar-refractivity contribution is 5.72. The van der Waals surface area contributed by atoms with E-state index in [9.17, 15) is 4.79 Å². The number of rotatable bonds is 4. The molecule has 0 saturated carbocycles. The first-order chi connectivity index (χ1) is 4.83. The van der Waals surface area contributed by atoms with Crippen LogP contribution in [0.4, 0.5) is 0 Å². The van der Waals surface area contributed by atoms with Crippen LogP contribution in [0.5, 0.6) is 0 Å². The van der Waals surface area contributed by atoms with Gasteiger partial charge in [-0.1, -0.05) is 0 Å². The van der Waals surface area contributed by atoms with Crippen LogP contribution in [0.15, 0.2) is 0 Å². The molecule has 0 aromatic heterocycles. The lowest BCUT2D eigenvalue weighted by molar-refractivity contribution is -0.153. The SMILES string of the molecule is CC(O)(O)CCC(N)C(=O)O. The van der Waals surface area contributed by atoms with E-state index in [1.165, 1.54) is 6.92 Å². The third-order valence-corrected chi connectivity index (χ3v) is 1.25. The van der Waals surface area contributed by atoms with Crippen molar-refractivity contribution in [3.05, 3.63) is 0 Å². The second-order valence-electron chi connectivity index (χ2n) is 2.70. The lowest BCUT2D eigenvalue weighted by Gasteiger charge is -2.16. The molecule has 0 radical (unpaired) electrons. The second-order valence-corrected chi connectivity index (χ2v) is 2.70. The largest absolute Gasteiger partial charge is 0.480 e. The maximum absolute atomic E-state index is 10.1. The number of carboxylic acid groups (broad SMARTS) is 1. The molecule has 0 saturated heterocycles. The van der Waals surface area contributed by atoms with Crippen molar-refractivity contribution in [1.29, 1.82) is 0 Å². The molecule has 0 aromatic rings. The van der Waals surface area contributed by atoms with Crippen molar-refractivity contribution < 1.29 is 20.1 Å². The highest BCUT2D eigenvalue weighted by atomic mass is 16.5. The monoisotopic (exact) mass is 163 g/mol. The van der Waals surface area contributed by atoms with Crippen molar-refractivity contribution in [3.63, 3.8) is 0 Å². The van der Waals surface area contributed by atoms with E-state index in [-0.39, 0.29) is 12.8 Å². The first kappa shape index (κ1) is 10.3. The zero-order valence-electron chi connectivity index (χ0n) is 6.32. The summed E-state index contributed by atoms with van der Waals surface area (Å²) >= 11 is 0. The van der Waals surface area contributed by atoms with Gasteiger partial charge in [-0.25, -0.2) is 0 Å². The highest BCUT2D eigenvalue weighted by Crippen LogP contribution is 2.08. The Balaban J connectivity index is 3.63. The van der Waals surface area contributed by atoms with Crippen molar-refractivity contribution in [2.75, 3.05) is 0 Å². The summed E-state index contributed by atoms with van der Waals surface area (Å²) in [7, 11) is 0. The van der Waals surface area contributed by atoms with Crippen molar-refractivity contribution in [2.45, 2.75) is 31.6 Å². The number of aliphatic hydroxyl groups is 2. The first-order valence-electron chi connectivity index (χ1n) is 3.26. The molecular formula is C6H13NO4. The van der Waals surface area contributed by atoms with Crippen LogP contribution in [-0.4, -0.2) is 33.1 Å². The molecule has 0 aliphatic heterocycles. The van der Waals surface area contributed by atoms with Crippen LogP contribution in [-0.2, 0) is 4.79 Å². The summed E-state index contributed by atoms with van der Waals surface area (Å²) in [5.74, 6) is -2.96. The summed E-state index contributed by atoms with van der Waals surface area (Å²) in [5.41, 5.74) is 5.10. The van der Waals surface area contributed by atoms with E-state index in [1.807, 2.05) is 0 Å². The molecule has 0 bridgehead atoms. The van der Waals surface area contributed by atoms with Gasteiger partial charge in [0.15, 0.2) is 5.79 Å². The molecule has 0 fully saturated rings. The Morgan fingerprint density at radius 1 is 1.64 bits per heavy atom. The number of hydrogen-bond acceptors (Lipinski definition) is 4. The minimum atomic E-state index is -1.83. The van der Waals surface area contributed by atoms with E-state index in [1.54, 1.807) is 0 Å². The Bertz CT molecular complexity index is 140. The molecule has 0 spiro atoms. The maximum atomic E-state index is 10.1. The van der Waals surface area contributed by atoms with Gasteiger partial charge in [0.2, 0.25) is 0 Å². The van der Waals surface area contributed by atoms with Crippen LogP contribution in [0.1, 0.15) is 19.8 Å². The molecule has 0 aromatic carbocycles. The Morgan fingerprint density at radius 3 is 2.36 bits per heavy atom. The molecule has 0 aliphatic carbocycles. The summed E-state index contributed by atoms with van der Waals surface area (Å²) in [6, 6.07) is -1.02. The molecule has 66 valence electrons. The number of hydrogen-bond donors (Lipinski definition) is 4. The third kappa shape index (κ3) is 5.78. The predicted octanol–water partition coefficient (Wildman–Crippen LogP) is -1.12. The molecular weight excluding hydrogens is 150 g/mol. The standard InChI is InChI=1S/C6H13NO4/c1-6(10,11)3-2-4(7)5(8)9/h4,10-11H,2-3,7H2,1H3,(H,8,9). The molecule has 1 atom stereocenters. The van der Waals surface area contributed by atoms with E-state index in [2.05, 4.69) is 0 Å². The number of aliphatic carboxylic acids is 1. The van der Waals surface area contributed by atoms with Crippen LogP contribution in [0.2, 0.25) is 0 Å². The van der Waals surface area contributed by atoms with Gasteiger partial charge >= 0.3 is 5.97 Å². The van der Waals surface area contributed by atoms with Gasteiger partial charge in [-0.3, -0.25) is 4.79 Å². The van der Waals surface area contributed by atoms with Crippen LogP contribution in [0, 0.1) is 0 Å². The van der Waals surface area contributed by atoms with Gasteiger partial charge in [-0.2, -0.15) is 0 Å². The predicted molar refractivity (Wildman–Crippen MR) is 37.7 cm³/mol.